The van der Waals surface area contributed by atoms with Crippen LogP contribution in [0.4, 0.5) is 0 Å². The van der Waals surface area contributed by atoms with Gasteiger partial charge in [0.2, 0.25) is 0 Å². The largest absolute Gasteiger partial charge is 0.462 e. The number of rotatable bonds is 8. The van der Waals surface area contributed by atoms with Crippen molar-refractivity contribution >= 4 is 16.0 Å². The van der Waals surface area contributed by atoms with Crippen molar-refractivity contribution in [2.75, 3.05) is 13.2 Å². The fraction of sp³-hybridized carbons (Fsp3) is 0.692. The van der Waals surface area contributed by atoms with Crippen molar-refractivity contribution in [2.24, 2.45) is 11.7 Å². The van der Waals surface area contributed by atoms with E-state index in [4.69, 9.17) is 10.5 Å². The van der Waals surface area contributed by atoms with Crippen molar-refractivity contribution in [1.82, 2.24) is 14.9 Å². The zero-order valence-electron chi connectivity index (χ0n) is 13.3. The van der Waals surface area contributed by atoms with Crippen molar-refractivity contribution in [2.45, 2.75) is 44.7 Å². The van der Waals surface area contributed by atoms with Gasteiger partial charge in [-0.15, -0.1) is 0 Å². The molecule has 0 fully saturated rings. The molecule has 0 aliphatic carbocycles. The maximum atomic E-state index is 12.5. The van der Waals surface area contributed by atoms with Crippen LogP contribution in [0.1, 0.15) is 44.5 Å². The van der Waals surface area contributed by atoms with Gasteiger partial charge in [-0.3, -0.25) is 5.10 Å². The van der Waals surface area contributed by atoms with Gasteiger partial charge in [0.05, 0.1) is 12.8 Å². The third-order valence-corrected chi connectivity index (χ3v) is 4.67. The molecule has 1 unspecified atom stereocenters. The summed E-state index contributed by atoms with van der Waals surface area (Å²) in [6, 6.07) is 0. The van der Waals surface area contributed by atoms with Gasteiger partial charge in [0.1, 0.15) is 5.56 Å². The van der Waals surface area contributed by atoms with E-state index in [9.17, 15) is 13.2 Å². The Kier molecular flexibility index (Phi) is 6.09. The molecule has 0 bridgehead atoms. The van der Waals surface area contributed by atoms with Gasteiger partial charge in [-0.1, -0.05) is 13.8 Å². The fourth-order valence-corrected chi connectivity index (χ4v) is 3.79. The molecular weight excluding hydrogens is 308 g/mol. The van der Waals surface area contributed by atoms with Crippen LogP contribution in [-0.2, 0) is 14.8 Å². The molecule has 22 heavy (non-hydrogen) atoms. The first-order chi connectivity index (χ1) is 10.1. The van der Waals surface area contributed by atoms with Crippen LogP contribution in [-0.4, -0.2) is 43.3 Å². The first-order valence-electron chi connectivity index (χ1n) is 7.09. The lowest BCUT2D eigenvalue weighted by Crippen LogP contribution is -2.52. The molecule has 0 spiro atoms. The maximum absolute atomic E-state index is 12.5. The highest BCUT2D eigenvalue weighted by Crippen LogP contribution is 2.20. The number of H-pyrrole nitrogens is 1. The molecule has 0 aliphatic rings. The number of carbonyl (C=O) groups excluding carboxylic acids is 1. The number of aromatic amines is 1. The van der Waals surface area contributed by atoms with Crippen LogP contribution in [0.3, 0.4) is 0 Å². The first-order valence-corrected chi connectivity index (χ1v) is 8.58. The molecule has 0 amide bonds. The lowest BCUT2D eigenvalue weighted by atomic mass is 9.92. The van der Waals surface area contributed by atoms with Crippen molar-refractivity contribution < 1.29 is 17.9 Å². The van der Waals surface area contributed by atoms with E-state index in [1.807, 2.05) is 13.8 Å². The second-order valence-electron chi connectivity index (χ2n) is 5.80. The van der Waals surface area contributed by atoms with Crippen molar-refractivity contribution in [3.63, 3.8) is 0 Å². The summed E-state index contributed by atoms with van der Waals surface area (Å²) in [5.74, 6) is -0.488. The van der Waals surface area contributed by atoms with E-state index < -0.39 is 21.5 Å². The Bertz CT molecular complexity index is 611. The summed E-state index contributed by atoms with van der Waals surface area (Å²) in [6.45, 7) is 7.59. The Balaban J connectivity index is 3.10. The minimum atomic E-state index is -3.98. The highest BCUT2D eigenvalue weighted by Gasteiger charge is 2.34. The van der Waals surface area contributed by atoms with E-state index in [-0.39, 0.29) is 29.7 Å². The summed E-state index contributed by atoms with van der Waals surface area (Å²) in [5, 5.41) is 5.66. The minimum Gasteiger partial charge on any atom is -0.462 e. The number of nitrogens with one attached hydrogen (secondary N) is 2. The number of hydrogen-bond acceptors (Lipinski definition) is 6. The molecule has 1 heterocycles. The number of carbonyl (C=O) groups is 1. The number of esters is 1. The summed E-state index contributed by atoms with van der Waals surface area (Å²) in [4.78, 5) is 11.8. The summed E-state index contributed by atoms with van der Waals surface area (Å²) in [5.41, 5.74) is 4.78. The molecule has 1 rings (SSSR count). The lowest BCUT2D eigenvalue weighted by Gasteiger charge is -2.30. The summed E-state index contributed by atoms with van der Waals surface area (Å²) >= 11 is 0. The molecule has 0 aliphatic heterocycles. The van der Waals surface area contributed by atoms with Crippen molar-refractivity contribution in [1.29, 1.82) is 0 Å². The standard InChI is InChI=1S/C13H24N4O4S/c1-5-21-12(18)10-7-15-16-11(10)22(19,20)17-13(4,8-14)6-9(2)3/h7,9,17H,5-6,8,14H2,1-4H3,(H,15,16). The number of ether oxygens (including phenoxy) is 1. The average Bonchev–Trinajstić information content (AvgIpc) is 2.87. The highest BCUT2D eigenvalue weighted by molar-refractivity contribution is 7.89. The van der Waals surface area contributed by atoms with Gasteiger partial charge in [0, 0.05) is 12.1 Å². The Labute approximate surface area is 130 Å². The van der Waals surface area contributed by atoms with Crippen LogP contribution in [0, 0.1) is 5.92 Å². The Morgan fingerprint density at radius 2 is 2.18 bits per heavy atom. The molecular formula is C13H24N4O4S. The molecule has 0 aromatic carbocycles. The van der Waals surface area contributed by atoms with Crippen LogP contribution in [0.2, 0.25) is 0 Å². The molecule has 0 saturated heterocycles. The molecule has 0 saturated carbocycles. The molecule has 1 aromatic heterocycles. The van der Waals surface area contributed by atoms with Crippen LogP contribution in [0.5, 0.6) is 0 Å². The fourth-order valence-electron chi connectivity index (χ4n) is 2.28. The van der Waals surface area contributed by atoms with Gasteiger partial charge in [0.25, 0.3) is 10.0 Å². The lowest BCUT2D eigenvalue weighted by molar-refractivity contribution is 0.0521. The summed E-state index contributed by atoms with van der Waals surface area (Å²) in [7, 11) is -3.98. The van der Waals surface area contributed by atoms with E-state index in [1.54, 1.807) is 13.8 Å². The van der Waals surface area contributed by atoms with E-state index >= 15 is 0 Å². The number of hydrogen-bond donors (Lipinski definition) is 3. The highest BCUT2D eigenvalue weighted by atomic mass is 32.2. The van der Waals surface area contributed by atoms with Gasteiger partial charge >= 0.3 is 5.97 Å². The van der Waals surface area contributed by atoms with Crippen LogP contribution >= 0.6 is 0 Å². The van der Waals surface area contributed by atoms with Gasteiger partial charge in [0.15, 0.2) is 5.03 Å². The van der Waals surface area contributed by atoms with E-state index in [0.717, 1.165) is 6.20 Å². The van der Waals surface area contributed by atoms with E-state index in [0.29, 0.717) is 6.42 Å². The number of nitrogens with zero attached hydrogens (tertiary/aromatic N) is 1. The second kappa shape index (κ2) is 7.21. The molecule has 126 valence electrons. The summed E-state index contributed by atoms with van der Waals surface area (Å²) < 4.78 is 32.5. The maximum Gasteiger partial charge on any atom is 0.342 e. The zero-order valence-corrected chi connectivity index (χ0v) is 14.2. The van der Waals surface area contributed by atoms with Crippen molar-refractivity contribution in [3.05, 3.63) is 11.8 Å². The molecule has 0 radical (unpaired) electrons. The van der Waals surface area contributed by atoms with Crippen molar-refractivity contribution in [3.8, 4) is 0 Å². The molecule has 9 heteroatoms. The molecule has 4 N–H and O–H groups in total. The number of aromatic nitrogens is 2. The SMILES string of the molecule is CCOC(=O)c1cn[nH]c1S(=O)(=O)NC(C)(CN)CC(C)C. The topological polar surface area (TPSA) is 127 Å². The Morgan fingerprint density at radius 3 is 2.68 bits per heavy atom. The van der Waals surface area contributed by atoms with Crippen LogP contribution in [0.15, 0.2) is 11.2 Å². The first kappa shape index (κ1) is 18.6. The Hall–Kier alpha value is -1.45. The van der Waals surface area contributed by atoms with Crippen LogP contribution < -0.4 is 10.5 Å². The Morgan fingerprint density at radius 1 is 1.55 bits per heavy atom. The molecule has 1 atom stereocenters. The molecule has 1 aromatic rings. The van der Waals surface area contributed by atoms with Gasteiger partial charge in [-0.2, -0.15) is 5.10 Å². The summed E-state index contributed by atoms with van der Waals surface area (Å²) in [6.07, 6.45) is 1.69. The van der Waals surface area contributed by atoms with E-state index in [2.05, 4.69) is 14.9 Å². The number of nitrogens with two attached hydrogens (primary N) is 1. The third-order valence-electron chi connectivity index (χ3n) is 3.06. The predicted molar refractivity (Wildman–Crippen MR) is 81.8 cm³/mol. The minimum absolute atomic E-state index is 0.127. The van der Waals surface area contributed by atoms with Gasteiger partial charge in [-0.25, -0.2) is 17.9 Å². The van der Waals surface area contributed by atoms with Crippen LogP contribution in [0.25, 0.3) is 0 Å². The van der Waals surface area contributed by atoms with Gasteiger partial charge < -0.3 is 10.5 Å². The molecule has 8 nitrogen and oxygen atoms in total. The van der Waals surface area contributed by atoms with E-state index in [1.165, 1.54) is 0 Å². The normalized spacial score (nSPS) is 14.8. The number of sulfonamides is 1. The predicted octanol–water partition coefficient (Wildman–Crippen LogP) is 0.628. The smallest absolute Gasteiger partial charge is 0.342 e. The third kappa shape index (κ3) is 4.52. The second-order valence-corrected chi connectivity index (χ2v) is 7.42. The monoisotopic (exact) mass is 332 g/mol. The zero-order chi connectivity index (χ0) is 17.0. The average molecular weight is 332 g/mol. The quantitative estimate of drug-likeness (QED) is 0.599. The van der Waals surface area contributed by atoms with Gasteiger partial charge in [-0.05, 0) is 26.2 Å².